The first-order valence-electron chi connectivity index (χ1n) is 9.60. The largest absolute Gasteiger partial charge is 0.311 e. The zero-order valence-electron chi connectivity index (χ0n) is 16.8. The molecule has 1 saturated heterocycles. The second-order valence-corrected chi connectivity index (χ2v) is 7.79. The zero-order chi connectivity index (χ0) is 23.0. The van der Waals surface area contributed by atoms with Gasteiger partial charge in [-0.05, 0) is 37.3 Å². The van der Waals surface area contributed by atoms with E-state index in [1.54, 1.807) is 37.3 Å². The monoisotopic (exact) mass is 457 g/mol. The molecular formula is C21H17ClFN5O4. The molecule has 1 atom stereocenters. The van der Waals surface area contributed by atoms with Crippen LogP contribution in [-0.2, 0) is 9.59 Å². The number of carbonyl (C=O) groups is 2. The lowest BCUT2D eigenvalue weighted by molar-refractivity contribution is -0.387. The Morgan fingerprint density at radius 3 is 2.75 bits per heavy atom. The summed E-state index contributed by atoms with van der Waals surface area (Å²) < 4.78 is 15.2. The summed E-state index contributed by atoms with van der Waals surface area (Å²) in [7, 11) is 0. The Kier molecular flexibility index (Phi) is 5.62. The van der Waals surface area contributed by atoms with Crippen molar-refractivity contribution < 1.29 is 18.9 Å². The lowest BCUT2D eigenvalue weighted by Gasteiger charge is -2.17. The van der Waals surface area contributed by atoms with Crippen LogP contribution in [0.25, 0.3) is 5.69 Å². The third-order valence-corrected chi connectivity index (χ3v) is 5.30. The SMILES string of the molecule is Cc1cc(NC(=O)C2CC(=O)N(c3ccc(F)c([N+](=O)[O-])c3)C2)n(-c2cccc(Cl)c2)n1. The Balaban J connectivity index is 1.53. The van der Waals surface area contributed by atoms with Gasteiger partial charge >= 0.3 is 5.69 Å². The molecule has 0 bridgehead atoms. The maximum atomic E-state index is 13.6. The number of anilines is 2. The van der Waals surface area contributed by atoms with Gasteiger partial charge in [0.05, 0.1) is 27.9 Å². The average Bonchev–Trinajstić information content (AvgIpc) is 3.30. The first-order valence-corrected chi connectivity index (χ1v) is 9.98. The molecule has 0 spiro atoms. The average molecular weight is 458 g/mol. The van der Waals surface area contributed by atoms with Crippen LogP contribution in [0.3, 0.4) is 0 Å². The lowest BCUT2D eigenvalue weighted by atomic mass is 10.1. The predicted molar refractivity (Wildman–Crippen MR) is 115 cm³/mol. The summed E-state index contributed by atoms with van der Waals surface area (Å²) in [6.45, 7) is 1.79. The highest BCUT2D eigenvalue weighted by Gasteiger charge is 2.36. The molecule has 11 heteroatoms. The minimum absolute atomic E-state index is 0.0116. The van der Waals surface area contributed by atoms with Crippen molar-refractivity contribution in [3.05, 3.63) is 75.2 Å². The number of carbonyl (C=O) groups excluding carboxylic acids is 2. The third kappa shape index (κ3) is 4.17. The molecule has 2 amide bonds. The molecule has 0 saturated carbocycles. The maximum absolute atomic E-state index is 13.6. The Morgan fingerprint density at radius 1 is 1.25 bits per heavy atom. The quantitative estimate of drug-likeness (QED) is 0.462. The van der Waals surface area contributed by atoms with E-state index in [9.17, 15) is 24.1 Å². The third-order valence-electron chi connectivity index (χ3n) is 5.07. The number of nitrogens with zero attached hydrogens (tertiary/aromatic N) is 4. The van der Waals surface area contributed by atoms with Gasteiger partial charge in [0.1, 0.15) is 5.82 Å². The number of amides is 2. The van der Waals surface area contributed by atoms with Crippen molar-refractivity contribution in [1.29, 1.82) is 0 Å². The van der Waals surface area contributed by atoms with E-state index in [2.05, 4.69) is 10.4 Å². The van der Waals surface area contributed by atoms with Gasteiger partial charge in [0, 0.05) is 30.1 Å². The van der Waals surface area contributed by atoms with Gasteiger partial charge in [-0.25, -0.2) is 4.68 Å². The second-order valence-electron chi connectivity index (χ2n) is 7.35. The van der Waals surface area contributed by atoms with Crippen LogP contribution in [0.1, 0.15) is 12.1 Å². The number of nitrogens with one attached hydrogen (secondary N) is 1. The highest BCUT2D eigenvalue weighted by molar-refractivity contribution is 6.30. The van der Waals surface area contributed by atoms with Gasteiger partial charge in [-0.1, -0.05) is 17.7 Å². The standard InChI is InChI=1S/C21H17ClFN5O4/c1-12-7-19(27(25-12)16-4-2-3-14(22)9-16)24-21(30)13-8-20(29)26(11-13)15-5-6-17(23)18(10-15)28(31)32/h2-7,9-10,13H,8,11H2,1H3,(H,24,30). The predicted octanol–water partition coefficient (Wildman–Crippen LogP) is 3.87. The van der Waals surface area contributed by atoms with E-state index in [1.807, 2.05) is 0 Å². The molecule has 1 unspecified atom stereocenters. The number of nitro benzene ring substituents is 1. The van der Waals surface area contributed by atoms with Crippen molar-refractivity contribution in [2.45, 2.75) is 13.3 Å². The number of benzene rings is 2. The molecular weight excluding hydrogens is 441 g/mol. The number of rotatable bonds is 5. The van der Waals surface area contributed by atoms with E-state index >= 15 is 0 Å². The van der Waals surface area contributed by atoms with Crippen molar-refractivity contribution in [3.63, 3.8) is 0 Å². The van der Waals surface area contributed by atoms with Crippen molar-refractivity contribution in [1.82, 2.24) is 9.78 Å². The molecule has 1 N–H and O–H groups in total. The van der Waals surface area contributed by atoms with Crippen LogP contribution < -0.4 is 10.2 Å². The minimum Gasteiger partial charge on any atom is -0.311 e. The molecule has 3 aromatic rings. The van der Waals surface area contributed by atoms with Crippen molar-refractivity contribution >= 4 is 40.6 Å². The number of halogens is 2. The van der Waals surface area contributed by atoms with Gasteiger partial charge in [-0.3, -0.25) is 19.7 Å². The fourth-order valence-corrected chi connectivity index (χ4v) is 3.75. The fraction of sp³-hybridized carbons (Fsp3) is 0.190. The lowest BCUT2D eigenvalue weighted by Crippen LogP contribution is -2.28. The summed E-state index contributed by atoms with van der Waals surface area (Å²) in [6, 6.07) is 11.9. The summed E-state index contributed by atoms with van der Waals surface area (Å²) in [6.07, 6.45) is -0.0821. The van der Waals surface area contributed by atoms with Crippen LogP contribution >= 0.6 is 11.6 Å². The molecule has 1 aliphatic heterocycles. The Hall–Kier alpha value is -3.79. The van der Waals surface area contributed by atoms with Crippen LogP contribution in [0.2, 0.25) is 5.02 Å². The maximum Gasteiger partial charge on any atom is 0.306 e. The van der Waals surface area contributed by atoms with Crippen LogP contribution in [0.15, 0.2) is 48.5 Å². The van der Waals surface area contributed by atoms with Crippen molar-refractivity contribution in [2.24, 2.45) is 5.92 Å². The molecule has 32 heavy (non-hydrogen) atoms. The van der Waals surface area contributed by atoms with Crippen LogP contribution in [0.5, 0.6) is 0 Å². The number of hydrogen-bond acceptors (Lipinski definition) is 5. The molecule has 1 aliphatic rings. The van der Waals surface area contributed by atoms with Gasteiger partial charge in [-0.15, -0.1) is 0 Å². The Bertz CT molecular complexity index is 1240. The normalized spacial score (nSPS) is 15.8. The fourth-order valence-electron chi connectivity index (χ4n) is 3.56. The van der Waals surface area contributed by atoms with Gasteiger partial charge in [-0.2, -0.15) is 9.49 Å². The van der Waals surface area contributed by atoms with E-state index in [4.69, 9.17) is 11.6 Å². The van der Waals surface area contributed by atoms with Crippen LogP contribution in [-0.4, -0.2) is 33.1 Å². The highest BCUT2D eigenvalue weighted by Crippen LogP contribution is 2.30. The minimum atomic E-state index is -0.996. The number of hydrogen-bond donors (Lipinski definition) is 1. The van der Waals surface area contributed by atoms with Crippen molar-refractivity contribution in [3.8, 4) is 5.69 Å². The van der Waals surface area contributed by atoms with E-state index in [0.717, 1.165) is 12.1 Å². The first-order chi connectivity index (χ1) is 15.2. The van der Waals surface area contributed by atoms with Gasteiger partial charge in [0.2, 0.25) is 17.6 Å². The number of aromatic nitrogens is 2. The molecule has 0 aliphatic carbocycles. The van der Waals surface area contributed by atoms with Gasteiger partial charge < -0.3 is 10.2 Å². The van der Waals surface area contributed by atoms with E-state index in [0.29, 0.717) is 22.2 Å². The molecule has 164 valence electrons. The molecule has 9 nitrogen and oxygen atoms in total. The van der Waals surface area contributed by atoms with Crippen LogP contribution in [0.4, 0.5) is 21.6 Å². The van der Waals surface area contributed by atoms with Gasteiger partial charge in [0.15, 0.2) is 0 Å². The molecule has 4 rings (SSSR count). The highest BCUT2D eigenvalue weighted by atomic mass is 35.5. The molecule has 2 aromatic carbocycles. The molecule has 1 fully saturated rings. The molecule has 0 radical (unpaired) electrons. The van der Waals surface area contributed by atoms with Gasteiger partial charge in [0.25, 0.3) is 0 Å². The second kappa shape index (κ2) is 8.39. The Labute approximate surface area is 186 Å². The van der Waals surface area contributed by atoms with E-state index in [-0.39, 0.29) is 24.6 Å². The first kappa shape index (κ1) is 21.4. The van der Waals surface area contributed by atoms with Crippen LogP contribution in [0, 0.1) is 28.8 Å². The zero-order valence-corrected chi connectivity index (χ0v) is 17.5. The van der Waals surface area contributed by atoms with E-state index in [1.165, 1.54) is 15.6 Å². The van der Waals surface area contributed by atoms with Crippen molar-refractivity contribution in [2.75, 3.05) is 16.8 Å². The molecule has 2 heterocycles. The summed E-state index contributed by atoms with van der Waals surface area (Å²) in [5, 5.41) is 18.7. The topological polar surface area (TPSA) is 110 Å². The number of aryl methyl sites for hydroxylation is 1. The summed E-state index contributed by atoms with van der Waals surface area (Å²) in [4.78, 5) is 36.8. The summed E-state index contributed by atoms with van der Waals surface area (Å²) in [5.41, 5.74) is 0.758. The van der Waals surface area contributed by atoms with E-state index < -0.39 is 28.3 Å². The molecule has 1 aromatic heterocycles. The Morgan fingerprint density at radius 2 is 2.03 bits per heavy atom. The smallest absolute Gasteiger partial charge is 0.306 e. The number of nitro groups is 1. The summed E-state index contributed by atoms with van der Waals surface area (Å²) in [5.74, 6) is -2.07. The summed E-state index contributed by atoms with van der Waals surface area (Å²) >= 11 is 6.06.